The van der Waals surface area contributed by atoms with Crippen LogP contribution in [0.3, 0.4) is 0 Å². The number of hydrogen-bond acceptors (Lipinski definition) is 2. The van der Waals surface area contributed by atoms with E-state index < -0.39 is 0 Å². The summed E-state index contributed by atoms with van der Waals surface area (Å²) in [4.78, 5) is 0. The lowest BCUT2D eigenvalue weighted by molar-refractivity contribution is 0.509. The fourth-order valence-electron chi connectivity index (χ4n) is 0.613. The summed E-state index contributed by atoms with van der Waals surface area (Å²) in [5.74, 6) is 0.880. The van der Waals surface area contributed by atoms with Crippen LogP contribution in [0.5, 0.6) is 0 Å². The van der Waals surface area contributed by atoms with Gasteiger partial charge in [-0.2, -0.15) is 0 Å². The third-order valence-corrected chi connectivity index (χ3v) is 1.15. The summed E-state index contributed by atoms with van der Waals surface area (Å²) < 4.78 is 4.99. The van der Waals surface area contributed by atoms with Crippen molar-refractivity contribution >= 4 is 0 Å². The molecule has 0 saturated heterocycles. The zero-order valence-electron chi connectivity index (χ0n) is 4.85. The number of aryl methyl sites for hydroxylation is 1. The highest BCUT2D eigenvalue weighted by Gasteiger charge is 1.94. The normalized spacial score (nSPS) is 9.75. The Morgan fingerprint density at radius 3 is 2.75 bits per heavy atom. The van der Waals surface area contributed by atoms with Crippen molar-refractivity contribution in [1.29, 1.82) is 0 Å². The maximum absolute atomic E-state index is 5.30. The molecule has 1 aromatic heterocycles. The van der Waals surface area contributed by atoms with Gasteiger partial charge in [0.25, 0.3) is 0 Å². The fourth-order valence-corrected chi connectivity index (χ4v) is 0.613. The van der Waals surface area contributed by atoms with Crippen LogP contribution in [0.1, 0.15) is 11.3 Å². The van der Waals surface area contributed by atoms with Crippen LogP contribution in [0.25, 0.3) is 0 Å². The summed E-state index contributed by atoms with van der Waals surface area (Å²) in [5, 5.41) is 0. The first kappa shape index (κ1) is 5.38. The molecule has 0 saturated carbocycles. The molecular formula is C6H9NO. The Kier molecular flexibility index (Phi) is 1.35. The number of furan rings is 1. The molecule has 2 N–H and O–H groups in total. The average Bonchev–Trinajstić information content (AvgIpc) is 2.14. The van der Waals surface area contributed by atoms with E-state index in [0.29, 0.717) is 6.54 Å². The first-order chi connectivity index (χ1) is 3.84. The predicted molar refractivity (Wildman–Crippen MR) is 31.3 cm³/mol. The van der Waals surface area contributed by atoms with Crippen molar-refractivity contribution < 1.29 is 4.42 Å². The maximum Gasteiger partial charge on any atom is 0.120 e. The Morgan fingerprint density at radius 2 is 2.50 bits per heavy atom. The molecule has 8 heavy (non-hydrogen) atoms. The minimum Gasteiger partial charge on any atom is -0.468 e. The van der Waals surface area contributed by atoms with Gasteiger partial charge in [-0.3, -0.25) is 0 Å². The van der Waals surface area contributed by atoms with E-state index in [1.54, 1.807) is 6.26 Å². The minimum atomic E-state index is 0.499. The van der Waals surface area contributed by atoms with Gasteiger partial charge in [0.05, 0.1) is 12.8 Å². The third kappa shape index (κ3) is 0.746. The van der Waals surface area contributed by atoms with E-state index in [9.17, 15) is 0 Å². The molecule has 0 aliphatic heterocycles. The van der Waals surface area contributed by atoms with E-state index >= 15 is 0 Å². The second-order valence-corrected chi connectivity index (χ2v) is 1.73. The summed E-state index contributed by atoms with van der Waals surface area (Å²) in [6.45, 7) is 2.48. The standard InChI is InChI=1S/C6H9NO/c1-5-2-3-8-6(5)4-7/h2-3H,4,7H2,1H3. The lowest BCUT2D eigenvalue weighted by atomic mass is 10.3. The Labute approximate surface area is 48.3 Å². The van der Waals surface area contributed by atoms with Gasteiger partial charge < -0.3 is 10.2 Å². The first-order valence-corrected chi connectivity index (χ1v) is 2.57. The molecule has 0 fully saturated rings. The maximum atomic E-state index is 5.30. The molecule has 1 rings (SSSR count). The highest BCUT2D eigenvalue weighted by Crippen LogP contribution is 2.05. The molecule has 0 atom stereocenters. The summed E-state index contributed by atoms with van der Waals surface area (Å²) in [5.41, 5.74) is 6.43. The topological polar surface area (TPSA) is 39.2 Å². The van der Waals surface area contributed by atoms with Gasteiger partial charge in [0.2, 0.25) is 0 Å². The molecule has 44 valence electrons. The van der Waals surface area contributed by atoms with Crippen LogP contribution in [0.15, 0.2) is 16.7 Å². The Hall–Kier alpha value is -0.760. The van der Waals surface area contributed by atoms with Gasteiger partial charge in [-0.1, -0.05) is 0 Å². The molecule has 0 aromatic carbocycles. The quantitative estimate of drug-likeness (QED) is 0.588. The van der Waals surface area contributed by atoms with E-state index in [4.69, 9.17) is 10.2 Å². The van der Waals surface area contributed by atoms with E-state index in [2.05, 4.69) is 0 Å². The van der Waals surface area contributed by atoms with Gasteiger partial charge in [0.15, 0.2) is 0 Å². The Bertz CT molecular complexity index is 169. The van der Waals surface area contributed by atoms with E-state index in [0.717, 1.165) is 11.3 Å². The average molecular weight is 111 g/mol. The van der Waals surface area contributed by atoms with Gasteiger partial charge in [0.1, 0.15) is 5.76 Å². The summed E-state index contributed by atoms with van der Waals surface area (Å²) in [6, 6.07) is 1.90. The molecule has 0 bridgehead atoms. The molecule has 2 heteroatoms. The molecular weight excluding hydrogens is 102 g/mol. The van der Waals surface area contributed by atoms with Crippen molar-refractivity contribution in [1.82, 2.24) is 0 Å². The van der Waals surface area contributed by atoms with Crippen molar-refractivity contribution in [3.8, 4) is 0 Å². The molecule has 0 aliphatic rings. The van der Waals surface area contributed by atoms with Crippen molar-refractivity contribution in [3.05, 3.63) is 23.7 Å². The zero-order valence-corrected chi connectivity index (χ0v) is 4.85. The number of hydrogen-bond donors (Lipinski definition) is 1. The Morgan fingerprint density at radius 1 is 1.75 bits per heavy atom. The van der Waals surface area contributed by atoms with E-state index in [1.165, 1.54) is 0 Å². The highest BCUT2D eigenvalue weighted by molar-refractivity contribution is 5.13. The van der Waals surface area contributed by atoms with E-state index in [1.807, 2.05) is 13.0 Å². The molecule has 2 nitrogen and oxygen atoms in total. The van der Waals surface area contributed by atoms with Gasteiger partial charge in [-0.05, 0) is 18.6 Å². The van der Waals surface area contributed by atoms with Gasteiger partial charge in [-0.15, -0.1) is 0 Å². The summed E-state index contributed by atoms with van der Waals surface area (Å²) >= 11 is 0. The summed E-state index contributed by atoms with van der Waals surface area (Å²) in [6.07, 6.45) is 1.65. The van der Waals surface area contributed by atoms with Crippen LogP contribution >= 0.6 is 0 Å². The molecule has 0 aliphatic carbocycles. The molecule has 0 amide bonds. The lowest BCUT2D eigenvalue weighted by Crippen LogP contribution is -1.94. The fraction of sp³-hybridized carbons (Fsp3) is 0.333. The van der Waals surface area contributed by atoms with Crippen LogP contribution in [-0.2, 0) is 6.54 Å². The number of rotatable bonds is 1. The van der Waals surface area contributed by atoms with Crippen LogP contribution in [0, 0.1) is 6.92 Å². The van der Waals surface area contributed by atoms with Gasteiger partial charge in [-0.25, -0.2) is 0 Å². The smallest absolute Gasteiger partial charge is 0.120 e. The van der Waals surface area contributed by atoms with Crippen molar-refractivity contribution in [3.63, 3.8) is 0 Å². The van der Waals surface area contributed by atoms with Gasteiger partial charge in [0, 0.05) is 0 Å². The largest absolute Gasteiger partial charge is 0.468 e. The van der Waals surface area contributed by atoms with Crippen LogP contribution in [0.4, 0.5) is 0 Å². The monoisotopic (exact) mass is 111 g/mol. The minimum absolute atomic E-state index is 0.499. The van der Waals surface area contributed by atoms with Crippen LogP contribution < -0.4 is 5.73 Å². The SMILES string of the molecule is Cc1ccoc1CN. The Balaban J connectivity index is 2.92. The predicted octanol–water partition coefficient (Wildman–Crippen LogP) is 1.05. The lowest BCUT2D eigenvalue weighted by Gasteiger charge is -1.87. The van der Waals surface area contributed by atoms with Gasteiger partial charge >= 0.3 is 0 Å². The molecule has 1 heterocycles. The third-order valence-electron chi connectivity index (χ3n) is 1.15. The second kappa shape index (κ2) is 2.01. The van der Waals surface area contributed by atoms with Crippen LogP contribution in [-0.4, -0.2) is 0 Å². The molecule has 1 aromatic rings. The first-order valence-electron chi connectivity index (χ1n) is 2.57. The van der Waals surface area contributed by atoms with Crippen molar-refractivity contribution in [2.24, 2.45) is 5.73 Å². The van der Waals surface area contributed by atoms with Crippen LogP contribution in [0.2, 0.25) is 0 Å². The molecule has 0 radical (unpaired) electrons. The van der Waals surface area contributed by atoms with Crippen molar-refractivity contribution in [2.75, 3.05) is 0 Å². The summed E-state index contributed by atoms with van der Waals surface area (Å²) in [7, 11) is 0. The number of nitrogens with two attached hydrogens (primary N) is 1. The van der Waals surface area contributed by atoms with E-state index in [-0.39, 0.29) is 0 Å². The second-order valence-electron chi connectivity index (χ2n) is 1.73. The molecule has 0 unspecified atom stereocenters. The zero-order chi connectivity index (χ0) is 5.98. The molecule has 0 spiro atoms. The van der Waals surface area contributed by atoms with Crippen molar-refractivity contribution in [2.45, 2.75) is 13.5 Å². The highest BCUT2D eigenvalue weighted by atomic mass is 16.3.